The van der Waals surface area contributed by atoms with E-state index in [0.29, 0.717) is 6.54 Å². The van der Waals surface area contributed by atoms with E-state index in [2.05, 4.69) is 15.0 Å². The average molecular weight is 275 g/mol. The first-order valence-corrected chi connectivity index (χ1v) is 6.13. The lowest BCUT2D eigenvalue weighted by molar-refractivity contribution is 0.0563. The summed E-state index contributed by atoms with van der Waals surface area (Å²) in [5.74, 6) is -0.263. The number of esters is 1. The quantitative estimate of drug-likeness (QED) is 0.843. The molecular weight excluding hydrogens is 258 g/mol. The summed E-state index contributed by atoms with van der Waals surface area (Å²) in [5.41, 5.74) is 2.64. The minimum atomic E-state index is -0.481. The van der Waals surface area contributed by atoms with Crippen LogP contribution in [0.15, 0.2) is 35.2 Å². The van der Waals surface area contributed by atoms with Gasteiger partial charge in [-0.25, -0.2) is 4.79 Å². The molecule has 6 heteroatoms. The summed E-state index contributed by atoms with van der Waals surface area (Å²) >= 11 is 0. The highest BCUT2D eigenvalue weighted by Crippen LogP contribution is 2.23. The number of pyridine rings is 1. The van der Waals surface area contributed by atoms with Crippen molar-refractivity contribution in [2.24, 2.45) is 0 Å². The van der Waals surface area contributed by atoms with Crippen LogP contribution in [0.5, 0.6) is 0 Å². The van der Waals surface area contributed by atoms with Gasteiger partial charge in [0.2, 0.25) is 5.76 Å². The van der Waals surface area contributed by atoms with E-state index in [4.69, 9.17) is 4.42 Å². The summed E-state index contributed by atoms with van der Waals surface area (Å²) in [6, 6.07) is 3.66. The van der Waals surface area contributed by atoms with Crippen molar-refractivity contribution < 1.29 is 13.9 Å². The van der Waals surface area contributed by atoms with Crippen molar-refractivity contribution in [2.75, 3.05) is 31.4 Å². The van der Waals surface area contributed by atoms with Crippen LogP contribution in [0.4, 0.5) is 11.4 Å². The lowest BCUT2D eigenvalue weighted by atomic mass is 10.2. The minimum Gasteiger partial charge on any atom is -0.463 e. The third-order valence-electron chi connectivity index (χ3n) is 2.87. The molecule has 2 rings (SSSR count). The highest BCUT2D eigenvalue weighted by Gasteiger charge is 2.15. The normalized spacial score (nSPS) is 10.2. The molecule has 0 aliphatic rings. The zero-order valence-electron chi connectivity index (χ0n) is 11.7. The second-order valence-electron chi connectivity index (χ2n) is 4.41. The van der Waals surface area contributed by atoms with E-state index < -0.39 is 5.97 Å². The van der Waals surface area contributed by atoms with E-state index >= 15 is 0 Å². The van der Waals surface area contributed by atoms with E-state index in [9.17, 15) is 4.79 Å². The molecular formula is C14H17N3O3. The van der Waals surface area contributed by atoms with Gasteiger partial charge in [-0.2, -0.15) is 0 Å². The molecule has 6 nitrogen and oxygen atoms in total. The molecule has 0 spiro atoms. The predicted octanol–water partition coefficient (Wildman–Crippen LogP) is 2.14. The van der Waals surface area contributed by atoms with Gasteiger partial charge >= 0.3 is 5.97 Å². The van der Waals surface area contributed by atoms with Crippen LogP contribution in [-0.2, 0) is 11.3 Å². The molecule has 0 aliphatic carbocycles. The maximum absolute atomic E-state index is 11.5. The Morgan fingerprint density at radius 2 is 2.25 bits per heavy atom. The van der Waals surface area contributed by atoms with Crippen LogP contribution in [0.3, 0.4) is 0 Å². The fourth-order valence-corrected chi connectivity index (χ4v) is 1.85. The van der Waals surface area contributed by atoms with Gasteiger partial charge in [0.15, 0.2) is 0 Å². The van der Waals surface area contributed by atoms with Crippen LogP contribution < -0.4 is 10.2 Å². The van der Waals surface area contributed by atoms with E-state index in [1.807, 2.05) is 25.1 Å². The standard InChI is InChI=1S/C14H17N3O3/c1-17(2)12-4-6-15-9-11(12)16-8-10-5-7-20-13(10)14(18)19-3/h4-7,9,16H,8H2,1-3H3. The van der Waals surface area contributed by atoms with Crippen molar-refractivity contribution >= 4 is 17.3 Å². The highest BCUT2D eigenvalue weighted by atomic mass is 16.5. The molecule has 0 saturated heterocycles. The lowest BCUT2D eigenvalue weighted by Crippen LogP contribution is -2.13. The number of aromatic nitrogens is 1. The molecule has 106 valence electrons. The van der Waals surface area contributed by atoms with Crippen LogP contribution in [0, 0.1) is 0 Å². The van der Waals surface area contributed by atoms with E-state index in [1.54, 1.807) is 18.5 Å². The van der Waals surface area contributed by atoms with Crippen molar-refractivity contribution in [2.45, 2.75) is 6.54 Å². The van der Waals surface area contributed by atoms with Crippen LogP contribution in [0.2, 0.25) is 0 Å². The molecule has 0 atom stereocenters. The van der Waals surface area contributed by atoms with Gasteiger partial charge in [0.1, 0.15) is 0 Å². The predicted molar refractivity (Wildman–Crippen MR) is 75.9 cm³/mol. The Bertz CT molecular complexity index is 593. The van der Waals surface area contributed by atoms with Crippen molar-refractivity contribution in [3.8, 4) is 0 Å². The second-order valence-corrected chi connectivity index (χ2v) is 4.41. The van der Waals surface area contributed by atoms with Gasteiger partial charge in [0.05, 0.1) is 30.9 Å². The Labute approximate surface area is 117 Å². The molecule has 0 bridgehead atoms. The smallest absolute Gasteiger partial charge is 0.374 e. The number of anilines is 2. The molecule has 2 heterocycles. The SMILES string of the molecule is COC(=O)c1occc1CNc1cnccc1N(C)C. The molecule has 0 saturated carbocycles. The first-order valence-electron chi connectivity index (χ1n) is 6.13. The monoisotopic (exact) mass is 275 g/mol. The molecule has 0 radical (unpaired) electrons. The summed E-state index contributed by atoms with van der Waals surface area (Å²) in [4.78, 5) is 17.6. The topological polar surface area (TPSA) is 67.6 Å². The average Bonchev–Trinajstić information content (AvgIpc) is 2.92. The van der Waals surface area contributed by atoms with Crippen LogP contribution >= 0.6 is 0 Å². The Hall–Kier alpha value is -2.50. The molecule has 0 aromatic carbocycles. The summed E-state index contributed by atoms with van der Waals surface area (Å²) in [5, 5.41) is 3.24. The van der Waals surface area contributed by atoms with Gasteiger partial charge in [-0.3, -0.25) is 4.98 Å². The van der Waals surface area contributed by atoms with E-state index in [1.165, 1.54) is 13.4 Å². The minimum absolute atomic E-state index is 0.218. The molecule has 0 amide bonds. The first-order chi connectivity index (χ1) is 9.63. The maximum Gasteiger partial charge on any atom is 0.374 e. The molecule has 0 unspecified atom stereocenters. The highest BCUT2D eigenvalue weighted by molar-refractivity contribution is 5.88. The Morgan fingerprint density at radius 1 is 1.45 bits per heavy atom. The van der Waals surface area contributed by atoms with E-state index in [-0.39, 0.29) is 5.76 Å². The molecule has 1 N–H and O–H groups in total. The van der Waals surface area contributed by atoms with Gasteiger partial charge in [-0.15, -0.1) is 0 Å². The zero-order valence-corrected chi connectivity index (χ0v) is 11.7. The number of methoxy groups -OCH3 is 1. The Balaban J connectivity index is 2.14. The number of ether oxygens (including phenoxy) is 1. The van der Waals surface area contributed by atoms with Crippen molar-refractivity contribution in [3.63, 3.8) is 0 Å². The number of carbonyl (C=O) groups is 1. The molecule has 2 aromatic rings. The molecule has 0 aliphatic heterocycles. The van der Waals surface area contributed by atoms with E-state index in [0.717, 1.165) is 16.9 Å². The fourth-order valence-electron chi connectivity index (χ4n) is 1.85. The van der Waals surface area contributed by atoms with Crippen LogP contribution in [0.25, 0.3) is 0 Å². The number of furan rings is 1. The third-order valence-corrected chi connectivity index (χ3v) is 2.87. The fraction of sp³-hybridized carbons (Fsp3) is 0.286. The van der Waals surface area contributed by atoms with Gasteiger partial charge in [-0.1, -0.05) is 0 Å². The lowest BCUT2D eigenvalue weighted by Gasteiger charge is -2.17. The number of hydrogen-bond donors (Lipinski definition) is 1. The largest absolute Gasteiger partial charge is 0.463 e. The van der Waals surface area contributed by atoms with Gasteiger partial charge < -0.3 is 19.4 Å². The molecule has 2 aromatic heterocycles. The van der Waals surface area contributed by atoms with Gasteiger partial charge in [0.25, 0.3) is 0 Å². The summed E-state index contributed by atoms with van der Waals surface area (Å²) in [6.45, 7) is 0.452. The van der Waals surface area contributed by atoms with Crippen molar-refractivity contribution in [1.82, 2.24) is 4.98 Å². The second kappa shape index (κ2) is 6.10. The third kappa shape index (κ3) is 2.90. The molecule has 0 fully saturated rings. The van der Waals surface area contributed by atoms with Gasteiger partial charge in [-0.05, 0) is 12.1 Å². The number of nitrogens with zero attached hydrogens (tertiary/aromatic N) is 2. The Morgan fingerprint density at radius 3 is 2.95 bits per heavy atom. The van der Waals surface area contributed by atoms with Crippen LogP contribution in [-0.4, -0.2) is 32.2 Å². The number of carbonyl (C=O) groups excluding carboxylic acids is 1. The van der Waals surface area contributed by atoms with Crippen molar-refractivity contribution in [1.29, 1.82) is 0 Å². The number of nitrogens with one attached hydrogen (secondary N) is 1. The molecule has 20 heavy (non-hydrogen) atoms. The van der Waals surface area contributed by atoms with Gasteiger partial charge in [0, 0.05) is 32.4 Å². The maximum atomic E-state index is 11.5. The Kier molecular flexibility index (Phi) is 4.24. The summed E-state index contributed by atoms with van der Waals surface area (Å²) in [7, 11) is 5.24. The summed E-state index contributed by atoms with van der Waals surface area (Å²) < 4.78 is 9.81. The summed E-state index contributed by atoms with van der Waals surface area (Å²) in [6.07, 6.45) is 4.95. The van der Waals surface area contributed by atoms with Crippen LogP contribution in [0.1, 0.15) is 16.1 Å². The zero-order chi connectivity index (χ0) is 14.5. The van der Waals surface area contributed by atoms with Crippen molar-refractivity contribution in [3.05, 3.63) is 42.1 Å². The number of rotatable bonds is 5. The number of hydrogen-bond acceptors (Lipinski definition) is 6. The first kappa shape index (κ1) is 13.9.